The van der Waals surface area contributed by atoms with E-state index in [1.807, 2.05) is 30.3 Å². The lowest BCUT2D eigenvalue weighted by Crippen LogP contribution is -2.05. The van der Waals surface area contributed by atoms with E-state index in [1.54, 1.807) is 7.11 Å². The molecule has 0 saturated carbocycles. The summed E-state index contributed by atoms with van der Waals surface area (Å²) < 4.78 is 11.8. The maximum absolute atomic E-state index is 6.14. The molecule has 0 heterocycles. The molecule has 3 aromatic rings. The molecule has 3 nitrogen and oxygen atoms in total. The van der Waals surface area contributed by atoms with Crippen molar-refractivity contribution in [2.45, 2.75) is 26.5 Å². The first-order valence-corrected chi connectivity index (χ1v) is 9.47. The monoisotopic (exact) mass is 373 g/mol. The van der Waals surface area contributed by atoms with Gasteiger partial charge in [-0.15, -0.1) is 6.58 Å². The van der Waals surface area contributed by atoms with E-state index < -0.39 is 0 Å². The molecule has 3 rings (SSSR count). The summed E-state index contributed by atoms with van der Waals surface area (Å²) >= 11 is 0. The van der Waals surface area contributed by atoms with Crippen LogP contribution in [0.15, 0.2) is 79.4 Å². The number of ether oxygens (including phenoxy) is 2. The van der Waals surface area contributed by atoms with Crippen LogP contribution in [-0.2, 0) is 19.6 Å². The third-order valence-electron chi connectivity index (χ3n) is 4.55. The molecule has 3 heteroatoms. The number of rotatable bonds is 9. The minimum Gasteiger partial charge on any atom is -0.493 e. The topological polar surface area (TPSA) is 30.5 Å². The second-order valence-corrected chi connectivity index (χ2v) is 6.77. The van der Waals surface area contributed by atoms with Crippen molar-refractivity contribution in [1.82, 2.24) is 0 Å². The molecular weight excluding hydrogens is 346 g/mol. The van der Waals surface area contributed by atoms with Gasteiger partial charge in [0.1, 0.15) is 6.61 Å². The quantitative estimate of drug-likeness (QED) is 0.472. The van der Waals surface area contributed by atoms with Crippen molar-refractivity contribution in [2.75, 3.05) is 12.4 Å². The largest absolute Gasteiger partial charge is 0.493 e. The van der Waals surface area contributed by atoms with Crippen LogP contribution in [0.5, 0.6) is 11.5 Å². The smallest absolute Gasteiger partial charge is 0.165 e. The van der Waals surface area contributed by atoms with Crippen LogP contribution in [0.3, 0.4) is 0 Å². The van der Waals surface area contributed by atoms with Gasteiger partial charge in [0.05, 0.1) is 7.11 Å². The van der Waals surface area contributed by atoms with Gasteiger partial charge in [-0.1, -0.05) is 54.1 Å². The number of methoxy groups -OCH3 is 1. The third-order valence-corrected chi connectivity index (χ3v) is 4.55. The molecule has 0 radical (unpaired) electrons. The van der Waals surface area contributed by atoms with Crippen LogP contribution >= 0.6 is 0 Å². The Morgan fingerprint density at radius 1 is 0.964 bits per heavy atom. The Hall–Kier alpha value is -3.20. The van der Waals surface area contributed by atoms with E-state index in [1.165, 1.54) is 5.56 Å². The molecule has 0 spiro atoms. The van der Waals surface area contributed by atoms with Crippen molar-refractivity contribution in [3.8, 4) is 11.5 Å². The van der Waals surface area contributed by atoms with Gasteiger partial charge >= 0.3 is 0 Å². The molecule has 144 valence electrons. The molecule has 0 amide bonds. The normalized spacial score (nSPS) is 10.4. The van der Waals surface area contributed by atoms with Crippen molar-refractivity contribution in [3.05, 3.63) is 102 Å². The standard InChI is InChI=1S/C25H27NO2/c1-4-8-22-15-21(17-26-23-13-11-19(2)12-14-23)16-24(27-3)25(22)28-18-20-9-6-5-7-10-20/h4-7,9-16,26H,1,8,17-18H2,2-3H3. The molecular formula is C25H27NO2. The molecule has 0 bridgehead atoms. The number of hydrogen-bond donors (Lipinski definition) is 1. The zero-order valence-corrected chi connectivity index (χ0v) is 16.6. The third kappa shape index (κ3) is 5.17. The Balaban J connectivity index is 1.79. The Kier molecular flexibility index (Phi) is 6.74. The van der Waals surface area contributed by atoms with Gasteiger partial charge in [0, 0.05) is 17.8 Å². The number of hydrogen-bond acceptors (Lipinski definition) is 3. The zero-order valence-electron chi connectivity index (χ0n) is 16.6. The minimum atomic E-state index is 0.502. The van der Waals surface area contributed by atoms with Crippen molar-refractivity contribution < 1.29 is 9.47 Å². The fraction of sp³-hybridized carbons (Fsp3) is 0.200. The van der Waals surface area contributed by atoms with E-state index in [0.29, 0.717) is 13.2 Å². The Labute approximate surface area is 167 Å². The molecule has 0 aromatic heterocycles. The molecule has 0 aliphatic carbocycles. The SMILES string of the molecule is C=CCc1cc(CNc2ccc(C)cc2)cc(OC)c1OCc1ccccc1. The van der Waals surface area contributed by atoms with Gasteiger partial charge in [-0.2, -0.15) is 0 Å². The lowest BCUT2D eigenvalue weighted by atomic mass is 10.1. The fourth-order valence-corrected chi connectivity index (χ4v) is 3.05. The number of nitrogens with one attached hydrogen (secondary N) is 1. The van der Waals surface area contributed by atoms with Crippen LogP contribution < -0.4 is 14.8 Å². The first kappa shape index (κ1) is 19.6. The van der Waals surface area contributed by atoms with Gasteiger partial charge in [-0.25, -0.2) is 0 Å². The summed E-state index contributed by atoms with van der Waals surface area (Å²) in [6.45, 7) is 7.19. The first-order chi connectivity index (χ1) is 13.7. The van der Waals surface area contributed by atoms with Gasteiger partial charge in [-0.05, 0) is 48.7 Å². The van der Waals surface area contributed by atoms with Crippen LogP contribution in [0, 0.1) is 6.92 Å². The first-order valence-electron chi connectivity index (χ1n) is 9.47. The second kappa shape index (κ2) is 9.65. The van der Waals surface area contributed by atoms with Gasteiger partial charge in [0.25, 0.3) is 0 Å². The molecule has 28 heavy (non-hydrogen) atoms. The number of allylic oxidation sites excluding steroid dienone is 1. The van der Waals surface area contributed by atoms with Crippen molar-refractivity contribution in [2.24, 2.45) is 0 Å². The molecule has 0 saturated heterocycles. The summed E-state index contributed by atoms with van der Waals surface area (Å²) in [5, 5.41) is 3.46. The average Bonchev–Trinajstić information content (AvgIpc) is 2.73. The Bertz CT molecular complexity index is 902. The highest BCUT2D eigenvalue weighted by Crippen LogP contribution is 2.34. The highest BCUT2D eigenvalue weighted by atomic mass is 16.5. The highest BCUT2D eigenvalue weighted by molar-refractivity contribution is 5.52. The molecule has 3 aromatic carbocycles. The number of benzene rings is 3. The van der Waals surface area contributed by atoms with Gasteiger partial charge in [-0.3, -0.25) is 0 Å². The predicted octanol–water partition coefficient (Wildman–Crippen LogP) is 5.92. The van der Waals surface area contributed by atoms with Crippen LogP contribution in [0.2, 0.25) is 0 Å². The molecule has 0 fully saturated rings. The summed E-state index contributed by atoms with van der Waals surface area (Å²) in [6.07, 6.45) is 2.61. The molecule has 0 aliphatic heterocycles. The van der Waals surface area contributed by atoms with E-state index in [2.05, 4.69) is 61.3 Å². The van der Waals surface area contributed by atoms with Gasteiger partial charge in [0.15, 0.2) is 11.5 Å². The molecule has 1 N–H and O–H groups in total. The molecule has 0 atom stereocenters. The number of anilines is 1. The van der Waals surface area contributed by atoms with Crippen molar-refractivity contribution >= 4 is 5.69 Å². The highest BCUT2D eigenvalue weighted by Gasteiger charge is 2.13. The number of aryl methyl sites for hydroxylation is 1. The van der Waals surface area contributed by atoms with Crippen LogP contribution in [-0.4, -0.2) is 7.11 Å². The van der Waals surface area contributed by atoms with Crippen molar-refractivity contribution in [3.63, 3.8) is 0 Å². The van der Waals surface area contributed by atoms with E-state index in [0.717, 1.165) is 40.3 Å². The van der Waals surface area contributed by atoms with Crippen LogP contribution in [0.25, 0.3) is 0 Å². The molecule has 0 aliphatic rings. The Morgan fingerprint density at radius 3 is 2.39 bits per heavy atom. The van der Waals surface area contributed by atoms with E-state index in [9.17, 15) is 0 Å². The summed E-state index contributed by atoms with van der Waals surface area (Å²) in [5.74, 6) is 1.53. The minimum absolute atomic E-state index is 0.502. The fourth-order valence-electron chi connectivity index (χ4n) is 3.05. The lowest BCUT2D eigenvalue weighted by molar-refractivity contribution is 0.281. The van der Waals surface area contributed by atoms with Crippen molar-refractivity contribution in [1.29, 1.82) is 0 Å². The average molecular weight is 373 g/mol. The van der Waals surface area contributed by atoms with E-state index in [4.69, 9.17) is 9.47 Å². The summed E-state index contributed by atoms with van der Waals surface area (Å²) in [6, 6.07) is 22.7. The molecule has 0 unspecified atom stereocenters. The van der Waals surface area contributed by atoms with E-state index in [-0.39, 0.29) is 0 Å². The van der Waals surface area contributed by atoms with Gasteiger partial charge < -0.3 is 14.8 Å². The maximum atomic E-state index is 6.14. The lowest BCUT2D eigenvalue weighted by Gasteiger charge is -2.17. The van der Waals surface area contributed by atoms with Gasteiger partial charge in [0.2, 0.25) is 0 Å². The van der Waals surface area contributed by atoms with Crippen LogP contribution in [0.4, 0.5) is 5.69 Å². The van der Waals surface area contributed by atoms with Crippen LogP contribution in [0.1, 0.15) is 22.3 Å². The van der Waals surface area contributed by atoms with E-state index >= 15 is 0 Å². The summed E-state index contributed by atoms with van der Waals surface area (Å²) in [7, 11) is 1.68. The predicted molar refractivity (Wildman–Crippen MR) is 116 cm³/mol. The summed E-state index contributed by atoms with van der Waals surface area (Å²) in [5.41, 5.74) is 5.69. The Morgan fingerprint density at radius 2 is 1.71 bits per heavy atom. The zero-order chi connectivity index (χ0) is 19.8. The maximum Gasteiger partial charge on any atom is 0.165 e. The summed E-state index contributed by atoms with van der Waals surface area (Å²) in [4.78, 5) is 0. The second-order valence-electron chi connectivity index (χ2n) is 6.77.